The third kappa shape index (κ3) is 2.22. The molecule has 0 aliphatic heterocycles. The number of aromatic nitrogens is 1. The van der Waals surface area contributed by atoms with Gasteiger partial charge in [0.2, 0.25) is 5.91 Å². The average molecular weight is 184 g/mol. The molecule has 1 rings (SSSR count). The molecule has 0 aliphatic rings. The molecule has 0 aliphatic carbocycles. The van der Waals surface area contributed by atoms with E-state index in [1.165, 1.54) is 18.5 Å². The molecule has 0 fully saturated rings. The van der Waals surface area contributed by atoms with Crippen LogP contribution in [0.2, 0.25) is 0 Å². The molecular weight excluding hydrogens is 178 g/mol. The Kier molecular flexibility index (Phi) is 3.74. The van der Waals surface area contributed by atoms with Crippen molar-refractivity contribution in [3.05, 3.63) is 29.6 Å². The van der Waals surface area contributed by atoms with E-state index in [1.807, 2.05) is 6.07 Å². The normalized spacial score (nSPS) is 7.92. The number of amides is 1. The Morgan fingerprint density at radius 3 is 2.75 bits per heavy atom. The van der Waals surface area contributed by atoms with E-state index in [0.717, 1.165) is 0 Å². The number of hydrogen-bond donors (Lipinski definition) is 1. The molecule has 0 aromatic carbocycles. The van der Waals surface area contributed by atoms with Crippen LogP contribution in [0.5, 0.6) is 0 Å². The first-order chi connectivity index (χ1) is 5.24. The maximum absolute atomic E-state index is 10.5. The van der Waals surface area contributed by atoms with E-state index in [-0.39, 0.29) is 18.0 Å². The number of hydrogen-bond acceptors (Lipinski definition) is 3. The number of pyridine rings is 1. The highest BCUT2D eigenvalue weighted by Crippen LogP contribution is 1.99. The molecule has 1 heterocycles. The van der Waals surface area contributed by atoms with Crippen LogP contribution in [0.4, 0.5) is 0 Å². The Labute approximate surface area is 75.4 Å². The molecule has 12 heavy (non-hydrogen) atoms. The maximum Gasteiger partial charge on any atom is 0.250 e. The molecule has 2 N–H and O–H groups in total. The molecule has 0 bridgehead atoms. The van der Waals surface area contributed by atoms with Crippen molar-refractivity contribution in [3.63, 3.8) is 0 Å². The second-order valence-electron chi connectivity index (χ2n) is 1.94. The van der Waals surface area contributed by atoms with Crippen LogP contribution in [0.25, 0.3) is 0 Å². The minimum absolute atomic E-state index is 0. The molecule has 0 radical (unpaired) electrons. The predicted octanol–water partition coefficient (Wildman–Crippen LogP) is 0.474. The maximum atomic E-state index is 10.5. The number of nitrogens with zero attached hydrogens (tertiary/aromatic N) is 2. The summed E-state index contributed by atoms with van der Waals surface area (Å²) in [7, 11) is 0. The van der Waals surface area contributed by atoms with Crippen molar-refractivity contribution in [1.82, 2.24) is 4.98 Å². The summed E-state index contributed by atoms with van der Waals surface area (Å²) in [5, 5.41) is 8.40. The average Bonchev–Trinajstić information content (AvgIpc) is 2.05. The third-order valence-corrected chi connectivity index (χ3v) is 1.15. The Bertz CT molecular complexity index is 332. The summed E-state index contributed by atoms with van der Waals surface area (Å²) in [6.45, 7) is 0. The minimum atomic E-state index is -0.574. The molecule has 1 aromatic heterocycles. The summed E-state index contributed by atoms with van der Waals surface area (Å²) in [5.74, 6) is -0.574. The van der Waals surface area contributed by atoms with E-state index >= 15 is 0 Å². The summed E-state index contributed by atoms with van der Waals surface area (Å²) in [4.78, 5) is 14.2. The van der Waals surface area contributed by atoms with Crippen molar-refractivity contribution in [2.75, 3.05) is 0 Å². The van der Waals surface area contributed by atoms with Gasteiger partial charge < -0.3 is 5.73 Å². The first-order valence-corrected chi connectivity index (χ1v) is 2.89. The second kappa shape index (κ2) is 4.31. The number of halogens is 1. The number of primary amides is 1. The highest BCUT2D eigenvalue weighted by Gasteiger charge is 2.00. The van der Waals surface area contributed by atoms with Gasteiger partial charge in [0.15, 0.2) is 0 Å². The fraction of sp³-hybridized carbons (Fsp3) is 0. The van der Waals surface area contributed by atoms with Gasteiger partial charge in [0.1, 0.15) is 6.07 Å². The van der Waals surface area contributed by atoms with Crippen molar-refractivity contribution in [2.24, 2.45) is 5.73 Å². The van der Waals surface area contributed by atoms with Gasteiger partial charge in [-0.2, -0.15) is 5.26 Å². The van der Waals surface area contributed by atoms with Crippen LogP contribution < -0.4 is 5.73 Å². The van der Waals surface area contributed by atoms with Gasteiger partial charge in [-0.3, -0.25) is 9.78 Å². The number of nitriles is 1. The van der Waals surface area contributed by atoms with Gasteiger partial charge in [-0.1, -0.05) is 0 Å². The van der Waals surface area contributed by atoms with Crippen molar-refractivity contribution in [3.8, 4) is 6.07 Å². The number of carbonyl (C=O) groups is 1. The van der Waals surface area contributed by atoms with Crippen LogP contribution in [0.15, 0.2) is 18.5 Å². The Morgan fingerprint density at radius 2 is 2.25 bits per heavy atom. The van der Waals surface area contributed by atoms with Gasteiger partial charge in [-0.25, -0.2) is 0 Å². The standard InChI is InChI=1S/C7H5N3O.ClH/c8-2-5-1-6(7(9)11)4-10-3-5;/h1,3-4H,(H2,9,11);1H. The first-order valence-electron chi connectivity index (χ1n) is 2.89. The van der Waals surface area contributed by atoms with Crippen LogP contribution in [-0.4, -0.2) is 10.9 Å². The lowest BCUT2D eigenvalue weighted by Gasteiger charge is -1.92. The van der Waals surface area contributed by atoms with E-state index < -0.39 is 5.91 Å². The zero-order valence-corrected chi connectivity index (χ0v) is 6.84. The highest BCUT2D eigenvalue weighted by atomic mass is 35.5. The van der Waals surface area contributed by atoms with Crippen molar-refractivity contribution in [1.29, 1.82) is 5.26 Å². The predicted molar refractivity (Wildman–Crippen MR) is 44.7 cm³/mol. The van der Waals surface area contributed by atoms with E-state index in [1.54, 1.807) is 0 Å². The molecule has 5 heteroatoms. The van der Waals surface area contributed by atoms with Gasteiger partial charge in [0.25, 0.3) is 0 Å². The van der Waals surface area contributed by atoms with E-state index in [9.17, 15) is 4.79 Å². The molecule has 0 saturated carbocycles. The van der Waals surface area contributed by atoms with E-state index in [4.69, 9.17) is 11.0 Å². The smallest absolute Gasteiger partial charge is 0.250 e. The van der Waals surface area contributed by atoms with Gasteiger partial charge in [-0.05, 0) is 6.07 Å². The molecule has 62 valence electrons. The summed E-state index contributed by atoms with van der Waals surface area (Å²) in [5.41, 5.74) is 5.54. The summed E-state index contributed by atoms with van der Waals surface area (Å²) in [6, 6.07) is 3.25. The van der Waals surface area contributed by atoms with Crippen LogP contribution in [-0.2, 0) is 0 Å². The van der Waals surface area contributed by atoms with Crippen molar-refractivity contribution >= 4 is 18.3 Å². The van der Waals surface area contributed by atoms with Crippen LogP contribution in [0.3, 0.4) is 0 Å². The lowest BCUT2D eigenvalue weighted by atomic mass is 10.2. The number of rotatable bonds is 1. The fourth-order valence-electron chi connectivity index (χ4n) is 0.636. The van der Waals surface area contributed by atoms with Crippen LogP contribution in [0.1, 0.15) is 15.9 Å². The largest absolute Gasteiger partial charge is 0.366 e. The molecule has 1 amide bonds. The molecular formula is C7H6ClN3O. The summed E-state index contributed by atoms with van der Waals surface area (Å²) >= 11 is 0. The van der Waals surface area contributed by atoms with E-state index in [2.05, 4.69) is 4.98 Å². The second-order valence-corrected chi connectivity index (χ2v) is 1.94. The van der Waals surface area contributed by atoms with Gasteiger partial charge in [0, 0.05) is 12.4 Å². The van der Waals surface area contributed by atoms with Gasteiger partial charge in [0.05, 0.1) is 11.1 Å². The lowest BCUT2D eigenvalue weighted by Crippen LogP contribution is -2.11. The monoisotopic (exact) mass is 183 g/mol. The summed E-state index contributed by atoms with van der Waals surface area (Å²) in [6.07, 6.45) is 2.69. The zero-order chi connectivity index (χ0) is 8.27. The quantitative estimate of drug-likeness (QED) is 0.688. The SMILES string of the molecule is Cl.N#Cc1cncc(C(N)=O)c1. The topological polar surface area (TPSA) is 79.8 Å². The molecule has 0 saturated heterocycles. The Balaban J connectivity index is 0.00000121. The molecule has 0 unspecified atom stereocenters. The van der Waals surface area contributed by atoms with Crippen molar-refractivity contribution in [2.45, 2.75) is 0 Å². The minimum Gasteiger partial charge on any atom is -0.366 e. The lowest BCUT2D eigenvalue weighted by molar-refractivity contribution is 0.1000. The van der Waals surface area contributed by atoms with Crippen LogP contribution in [0, 0.1) is 11.3 Å². The number of carbonyl (C=O) groups excluding carboxylic acids is 1. The van der Waals surface area contributed by atoms with Gasteiger partial charge in [-0.15, -0.1) is 12.4 Å². The summed E-state index contributed by atoms with van der Waals surface area (Å²) < 4.78 is 0. The Morgan fingerprint density at radius 1 is 1.58 bits per heavy atom. The molecule has 1 aromatic rings. The highest BCUT2D eigenvalue weighted by molar-refractivity contribution is 5.92. The first kappa shape index (κ1) is 10.4. The van der Waals surface area contributed by atoms with Crippen molar-refractivity contribution < 1.29 is 4.79 Å². The molecule has 0 spiro atoms. The third-order valence-electron chi connectivity index (χ3n) is 1.15. The van der Waals surface area contributed by atoms with E-state index in [0.29, 0.717) is 5.56 Å². The molecule has 0 atom stereocenters. The van der Waals surface area contributed by atoms with Crippen LogP contribution >= 0.6 is 12.4 Å². The number of nitrogens with two attached hydrogens (primary N) is 1. The molecule has 4 nitrogen and oxygen atoms in total. The zero-order valence-electron chi connectivity index (χ0n) is 6.02. The Hall–Kier alpha value is -1.60. The fourth-order valence-corrected chi connectivity index (χ4v) is 0.636. The van der Waals surface area contributed by atoms with Gasteiger partial charge >= 0.3 is 0 Å².